The minimum Gasteiger partial charge on any atom is -0.172 e. The second kappa shape index (κ2) is 6.97. The number of thioether (sulfide) groups is 3. The normalized spacial score (nSPS) is 21.7. The summed E-state index contributed by atoms with van der Waals surface area (Å²) in [4.78, 5) is 5.30. The van der Waals surface area contributed by atoms with Crippen LogP contribution in [0.2, 0.25) is 0 Å². The van der Waals surface area contributed by atoms with Gasteiger partial charge in [0.2, 0.25) is 0 Å². The second-order valence-corrected chi connectivity index (χ2v) is 8.24. The van der Waals surface area contributed by atoms with Crippen LogP contribution < -0.4 is 0 Å². The Balaban J connectivity index is 1.72. The van der Waals surface area contributed by atoms with Gasteiger partial charge in [0.25, 0.3) is 0 Å². The van der Waals surface area contributed by atoms with Crippen molar-refractivity contribution in [2.45, 2.75) is 0 Å². The van der Waals surface area contributed by atoms with Crippen LogP contribution in [-0.2, 0) is 0 Å². The molecule has 2 aliphatic rings. The molecule has 21 heavy (non-hydrogen) atoms. The lowest BCUT2D eigenvalue weighted by molar-refractivity contribution is 1.64. The molecule has 0 saturated carbocycles. The van der Waals surface area contributed by atoms with E-state index in [9.17, 15) is 0 Å². The Morgan fingerprint density at radius 2 is 2.05 bits per heavy atom. The van der Waals surface area contributed by atoms with Crippen LogP contribution in [-0.4, -0.2) is 6.26 Å². The summed E-state index contributed by atoms with van der Waals surface area (Å²) < 4.78 is 0. The molecule has 0 atom stereocenters. The highest BCUT2D eigenvalue weighted by Crippen LogP contribution is 2.51. The van der Waals surface area contributed by atoms with Crippen LogP contribution in [0.25, 0.3) is 0 Å². The molecule has 0 spiro atoms. The van der Waals surface area contributed by atoms with Crippen LogP contribution in [0.15, 0.2) is 75.3 Å². The zero-order valence-electron chi connectivity index (χ0n) is 11.5. The van der Waals surface area contributed by atoms with Crippen molar-refractivity contribution < 1.29 is 0 Å². The summed E-state index contributed by atoms with van der Waals surface area (Å²) in [6.07, 6.45) is 14.9. The molecule has 0 N–H and O–H groups in total. The molecule has 3 heterocycles. The predicted molar refractivity (Wildman–Crippen MR) is 102 cm³/mol. The van der Waals surface area contributed by atoms with E-state index < -0.39 is 0 Å². The van der Waals surface area contributed by atoms with Crippen LogP contribution in [0.3, 0.4) is 0 Å². The molecule has 0 radical (unpaired) electrons. The highest BCUT2D eigenvalue weighted by atomic mass is 32.2. The zero-order valence-corrected chi connectivity index (χ0v) is 14.8. The maximum Gasteiger partial charge on any atom is -0.0157 e. The lowest BCUT2D eigenvalue weighted by Crippen LogP contribution is -1.85. The molecule has 0 unspecified atom stereocenters. The van der Waals surface area contributed by atoms with Gasteiger partial charge in [-0.1, -0.05) is 30.1 Å². The summed E-state index contributed by atoms with van der Waals surface area (Å²) in [5, 5.41) is 4.79. The van der Waals surface area contributed by atoms with E-state index in [0.29, 0.717) is 0 Å². The third kappa shape index (κ3) is 3.34. The van der Waals surface area contributed by atoms with Gasteiger partial charge in [-0.25, -0.2) is 0 Å². The first kappa shape index (κ1) is 15.1. The van der Waals surface area contributed by atoms with E-state index in [0.717, 1.165) is 0 Å². The van der Waals surface area contributed by atoms with Crippen LogP contribution in [0.4, 0.5) is 0 Å². The highest BCUT2D eigenvalue weighted by Gasteiger charge is 2.15. The van der Waals surface area contributed by atoms with Crippen LogP contribution in [0, 0.1) is 10.5 Å². The Bertz CT molecular complexity index is 632. The first-order valence-corrected chi connectivity index (χ1v) is 10.2. The minimum atomic E-state index is 1.27. The monoisotopic (exact) mass is 346 g/mol. The average molecular weight is 347 g/mol. The predicted octanol–water partition coefficient (Wildman–Crippen LogP) is 6.41. The van der Waals surface area contributed by atoms with E-state index in [1.807, 2.05) is 29.6 Å². The molecule has 108 valence electrons. The van der Waals surface area contributed by atoms with Crippen molar-refractivity contribution in [3.05, 3.63) is 90.6 Å². The van der Waals surface area contributed by atoms with Crippen LogP contribution in [0.1, 0.15) is 4.88 Å². The largest absolute Gasteiger partial charge is 0.172 e. The fourth-order valence-corrected chi connectivity index (χ4v) is 5.72. The highest BCUT2D eigenvalue weighted by molar-refractivity contribution is 8.11. The van der Waals surface area contributed by atoms with Gasteiger partial charge in [0.1, 0.15) is 0 Å². The van der Waals surface area contributed by atoms with Gasteiger partial charge in [-0.15, -0.1) is 43.0 Å². The van der Waals surface area contributed by atoms with Crippen molar-refractivity contribution in [2.24, 2.45) is 0 Å². The molecule has 0 fully saturated rings. The topological polar surface area (TPSA) is 0 Å². The summed E-state index contributed by atoms with van der Waals surface area (Å²) in [7, 11) is 0. The van der Waals surface area contributed by atoms with E-state index in [-0.39, 0.29) is 0 Å². The van der Waals surface area contributed by atoms with Crippen molar-refractivity contribution in [3.63, 3.8) is 0 Å². The molecule has 2 aliphatic heterocycles. The fourth-order valence-electron chi connectivity index (χ4n) is 1.98. The van der Waals surface area contributed by atoms with E-state index >= 15 is 0 Å². The average Bonchev–Trinajstić information content (AvgIpc) is 3.24. The number of thiophene rings is 1. The van der Waals surface area contributed by atoms with E-state index in [4.69, 9.17) is 0 Å². The third-order valence-corrected chi connectivity index (χ3v) is 7.34. The van der Waals surface area contributed by atoms with Gasteiger partial charge in [-0.3, -0.25) is 0 Å². The number of allylic oxidation sites excluding steroid dienone is 4. The van der Waals surface area contributed by atoms with Gasteiger partial charge < -0.3 is 0 Å². The van der Waals surface area contributed by atoms with Crippen molar-refractivity contribution in [1.29, 1.82) is 0 Å². The number of hydrogen-bond acceptors (Lipinski definition) is 4. The Morgan fingerprint density at radius 1 is 1.24 bits per heavy atom. The van der Waals surface area contributed by atoms with Crippen LogP contribution >= 0.6 is 46.6 Å². The first-order valence-electron chi connectivity index (χ1n) is 6.43. The minimum absolute atomic E-state index is 1.27. The van der Waals surface area contributed by atoms with Crippen molar-refractivity contribution in [2.75, 3.05) is 6.26 Å². The Morgan fingerprint density at radius 3 is 2.76 bits per heavy atom. The SMILES string of the molecule is C=C/C=C(\SC)[C-]1C=CC(=C2C=C[C-](c3cccs3)S2)S1. The van der Waals surface area contributed by atoms with Gasteiger partial charge in [-0.05, 0) is 11.6 Å². The molecule has 1 aromatic heterocycles. The third-order valence-electron chi connectivity index (χ3n) is 2.95. The van der Waals surface area contributed by atoms with Crippen molar-refractivity contribution in [1.82, 2.24) is 0 Å². The Hall–Kier alpha value is -0.810. The van der Waals surface area contributed by atoms with E-state index in [1.165, 1.54) is 30.1 Å². The second-order valence-electron chi connectivity index (χ2n) is 4.28. The summed E-state index contributed by atoms with van der Waals surface area (Å²) in [6.45, 7) is 3.79. The zero-order chi connectivity index (χ0) is 14.7. The maximum absolute atomic E-state index is 3.79. The summed E-state index contributed by atoms with van der Waals surface area (Å²) >= 11 is 7.27. The Kier molecular flexibility index (Phi) is 5.01. The molecule has 0 amide bonds. The standard InChI is InChI=1S/C17H14S4/c1-3-5-12(18-2)14-7-9-16(20-14)17-10-8-15(21-17)13-6-4-11-19-13/h3-11H,1H2,2H3/q-2/b12-5-,17-16?. The first-order chi connectivity index (χ1) is 10.3. The molecular formula is C17H14S4-2. The van der Waals surface area contributed by atoms with Crippen LogP contribution in [0.5, 0.6) is 0 Å². The van der Waals surface area contributed by atoms with Gasteiger partial charge in [0.15, 0.2) is 0 Å². The van der Waals surface area contributed by atoms with Crippen molar-refractivity contribution in [3.8, 4) is 0 Å². The molecule has 0 aromatic carbocycles. The maximum atomic E-state index is 3.79. The summed E-state index contributed by atoms with van der Waals surface area (Å²) in [5.74, 6) is 0. The lowest BCUT2D eigenvalue weighted by atomic mass is 10.3. The van der Waals surface area contributed by atoms with Gasteiger partial charge in [0, 0.05) is 0 Å². The van der Waals surface area contributed by atoms with Gasteiger partial charge >= 0.3 is 0 Å². The molecule has 0 nitrogen and oxygen atoms in total. The summed E-state index contributed by atoms with van der Waals surface area (Å²) in [5.41, 5.74) is 0. The van der Waals surface area contributed by atoms with Crippen molar-refractivity contribution >= 4 is 46.6 Å². The van der Waals surface area contributed by atoms with Gasteiger partial charge in [0.05, 0.1) is 0 Å². The quantitative estimate of drug-likeness (QED) is 0.456. The molecule has 4 heteroatoms. The molecule has 0 bridgehead atoms. The molecule has 0 aliphatic carbocycles. The molecule has 0 saturated heterocycles. The lowest BCUT2D eigenvalue weighted by Gasteiger charge is -2.19. The van der Waals surface area contributed by atoms with Gasteiger partial charge in [-0.2, -0.15) is 58.8 Å². The molecule has 1 aromatic rings. The fraction of sp³-hybridized carbons (Fsp3) is 0.0588. The Labute approximate surface area is 143 Å². The molecule has 3 rings (SSSR count). The van der Waals surface area contributed by atoms with E-state index in [1.54, 1.807) is 23.1 Å². The number of hydrogen-bond donors (Lipinski definition) is 0. The summed E-state index contributed by atoms with van der Waals surface area (Å²) in [6, 6.07) is 4.28. The number of rotatable bonds is 4. The smallest absolute Gasteiger partial charge is 0.0157 e. The van der Waals surface area contributed by atoms with E-state index in [2.05, 4.69) is 60.7 Å². The molecular weight excluding hydrogens is 332 g/mol.